The van der Waals surface area contributed by atoms with Crippen LogP contribution in [0, 0.1) is 0 Å². The molecule has 0 bridgehead atoms. The molecule has 0 saturated carbocycles. The van der Waals surface area contributed by atoms with Crippen molar-refractivity contribution in [2.45, 2.75) is 50.2 Å². The second-order valence-corrected chi connectivity index (χ2v) is 6.19. The van der Waals surface area contributed by atoms with Crippen molar-refractivity contribution < 1.29 is 33.3 Å². The van der Waals surface area contributed by atoms with Gasteiger partial charge in [-0.15, -0.1) is 0 Å². The summed E-state index contributed by atoms with van der Waals surface area (Å²) in [6, 6.07) is 0. The number of carbonyl (C=O) groups is 3. The van der Waals surface area contributed by atoms with Crippen molar-refractivity contribution in [3.63, 3.8) is 0 Å². The summed E-state index contributed by atoms with van der Waals surface area (Å²) in [5.41, 5.74) is 0. The highest BCUT2D eigenvalue weighted by Gasteiger charge is 2.50. The van der Waals surface area contributed by atoms with Gasteiger partial charge < -0.3 is 18.9 Å². The van der Waals surface area contributed by atoms with Gasteiger partial charge in [0.05, 0.1) is 0 Å². The van der Waals surface area contributed by atoms with Gasteiger partial charge in [-0.3, -0.25) is 14.4 Å². The number of carbonyl (C=O) groups excluding carboxylic acids is 3. The number of hydrogen-bond acceptors (Lipinski definition) is 7. The number of halogens is 2. The van der Waals surface area contributed by atoms with Gasteiger partial charge in [-0.1, -0.05) is 38.5 Å². The molecule has 0 N–H and O–H groups in total. The Bertz CT molecular complexity index is 416. The topological polar surface area (TPSA) is 88.1 Å². The molecule has 1 fully saturated rings. The Balaban J connectivity index is 3.08. The van der Waals surface area contributed by atoms with Gasteiger partial charge in [-0.05, 0) is 0 Å². The standard InChI is InChI=1S/C12H16BrIO7/c1-5(15)18-9-8(4-14)21-12(13)11(20-7(3)17)10(9)19-6(2)16/h8-12H,4H2,1-3H3/t8-,9-,10+,11+,12+/m1/s1. The number of rotatable bonds is 4. The van der Waals surface area contributed by atoms with Crippen molar-refractivity contribution in [3.8, 4) is 0 Å². The van der Waals surface area contributed by atoms with E-state index in [4.69, 9.17) is 18.9 Å². The molecule has 0 spiro atoms. The van der Waals surface area contributed by atoms with Crippen molar-refractivity contribution in [2.24, 2.45) is 0 Å². The summed E-state index contributed by atoms with van der Waals surface area (Å²) in [6.45, 7) is 3.71. The van der Waals surface area contributed by atoms with E-state index in [1.54, 1.807) is 0 Å². The summed E-state index contributed by atoms with van der Waals surface area (Å²) in [4.78, 5) is 33.8. The van der Waals surface area contributed by atoms with Gasteiger partial charge in [0.2, 0.25) is 0 Å². The van der Waals surface area contributed by atoms with Crippen molar-refractivity contribution in [1.82, 2.24) is 0 Å². The molecule has 0 aliphatic carbocycles. The highest BCUT2D eigenvalue weighted by atomic mass is 127. The molecule has 1 aliphatic heterocycles. The number of ether oxygens (including phenoxy) is 4. The van der Waals surface area contributed by atoms with E-state index in [1.807, 2.05) is 0 Å². The van der Waals surface area contributed by atoms with Crippen molar-refractivity contribution >= 4 is 56.4 Å². The van der Waals surface area contributed by atoms with Crippen LogP contribution in [0.5, 0.6) is 0 Å². The first-order chi connectivity index (χ1) is 9.76. The summed E-state index contributed by atoms with van der Waals surface area (Å²) in [6.07, 6.45) is -3.18. The molecule has 1 aliphatic rings. The van der Waals surface area contributed by atoms with Gasteiger partial charge in [0.25, 0.3) is 0 Å². The first kappa shape index (κ1) is 18.6. The molecule has 0 aromatic rings. The smallest absolute Gasteiger partial charge is 0.303 e. The molecule has 5 atom stereocenters. The van der Waals surface area contributed by atoms with Crippen molar-refractivity contribution in [1.29, 1.82) is 0 Å². The zero-order chi connectivity index (χ0) is 16.2. The average Bonchev–Trinajstić information content (AvgIpc) is 2.35. The van der Waals surface area contributed by atoms with Crippen molar-refractivity contribution in [2.75, 3.05) is 4.43 Å². The lowest BCUT2D eigenvalue weighted by molar-refractivity contribution is -0.226. The van der Waals surface area contributed by atoms with Crippen LogP contribution in [0.1, 0.15) is 20.8 Å². The normalized spacial score (nSPS) is 32.1. The zero-order valence-electron chi connectivity index (χ0n) is 11.7. The second-order valence-electron chi connectivity index (χ2n) is 4.40. The van der Waals surface area contributed by atoms with E-state index in [0.717, 1.165) is 0 Å². The summed E-state index contributed by atoms with van der Waals surface area (Å²) in [5.74, 6) is -1.66. The Labute approximate surface area is 144 Å². The van der Waals surface area contributed by atoms with E-state index in [1.165, 1.54) is 20.8 Å². The van der Waals surface area contributed by atoms with Gasteiger partial charge in [0.1, 0.15) is 6.10 Å². The van der Waals surface area contributed by atoms with Crippen LogP contribution < -0.4 is 0 Å². The lowest BCUT2D eigenvalue weighted by Crippen LogP contribution is -2.60. The van der Waals surface area contributed by atoms with Crippen LogP contribution in [-0.4, -0.2) is 51.8 Å². The molecule has 1 saturated heterocycles. The number of hydrogen-bond donors (Lipinski definition) is 0. The lowest BCUT2D eigenvalue weighted by atomic mass is 10.00. The van der Waals surface area contributed by atoms with Gasteiger partial charge in [-0.25, -0.2) is 0 Å². The molecule has 0 aromatic heterocycles. The van der Waals surface area contributed by atoms with E-state index in [0.29, 0.717) is 4.43 Å². The van der Waals surface area contributed by atoms with E-state index >= 15 is 0 Å². The van der Waals surface area contributed by atoms with E-state index in [9.17, 15) is 14.4 Å². The third kappa shape index (κ3) is 5.37. The molecular weight excluding hydrogens is 463 g/mol. The Morgan fingerprint density at radius 1 is 0.952 bits per heavy atom. The maximum atomic E-state index is 11.3. The zero-order valence-corrected chi connectivity index (χ0v) is 15.5. The molecule has 7 nitrogen and oxygen atoms in total. The van der Waals surface area contributed by atoms with Crippen LogP contribution in [0.4, 0.5) is 0 Å². The molecule has 120 valence electrons. The fraction of sp³-hybridized carbons (Fsp3) is 0.750. The highest BCUT2D eigenvalue weighted by Crippen LogP contribution is 2.32. The second kappa shape index (κ2) is 8.28. The highest BCUT2D eigenvalue weighted by molar-refractivity contribution is 14.1. The predicted molar refractivity (Wildman–Crippen MR) is 83.1 cm³/mol. The third-order valence-electron chi connectivity index (χ3n) is 2.64. The summed E-state index contributed by atoms with van der Waals surface area (Å²) in [5, 5.41) is -0.669. The maximum absolute atomic E-state index is 11.3. The van der Waals surface area contributed by atoms with E-state index in [-0.39, 0.29) is 0 Å². The van der Waals surface area contributed by atoms with Gasteiger partial charge in [0, 0.05) is 25.2 Å². The third-order valence-corrected chi connectivity index (χ3v) is 4.24. The van der Waals surface area contributed by atoms with E-state index in [2.05, 4.69) is 38.5 Å². The Morgan fingerprint density at radius 3 is 1.81 bits per heavy atom. The SMILES string of the molecule is CC(=O)O[C@@H]1[C@H](OC(C)=O)[C@@H](Br)O[C@H](CI)[C@H]1OC(C)=O. The Morgan fingerprint density at radius 2 is 1.38 bits per heavy atom. The van der Waals surface area contributed by atoms with Crippen molar-refractivity contribution in [3.05, 3.63) is 0 Å². The first-order valence-electron chi connectivity index (χ1n) is 6.13. The molecule has 0 aromatic carbocycles. The van der Waals surface area contributed by atoms with Crippen LogP contribution in [0.2, 0.25) is 0 Å². The minimum absolute atomic E-state index is 0.491. The van der Waals surface area contributed by atoms with Crippen LogP contribution >= 0.6 is 38.5 Å². The van der Waals surface area contributed by atoms with Crippen LogP contribution in [-0.2, 0) is 33.3 Å². The summed E-state index contributed by atoms with van der Waals surface area (Å²) in [7, 11) is 0. The fourth-order valence-electron chi connectivity index (χ4n) is 1.97. The van der Waals surface area contributed by atoms with Crippen LogP contribution in [0.25, 0.3) is 0 Å². The monoisotopic (exact) mass is 478 g/mol. The molecule has 0 radical (unpaired) electrons. The first-order valence-corrected chi connectivity index (χ1v) is 8.57. The predicted octanol–water partition coefficient (Wildman–Crippen LogP) is 1.34. The van der Waals surface area contributed by atoms with Gasteiger partial charge >= 0.3 is 17.9 Å². The Kier molecular flexibility index (Phi) is 7.34. The lowest BCUT2D eigenvalue weighted by Gasteiger charge is -2.42. The van der Waals surface area contributed by atoms with Gasteiger partial charge in [-0.2, -0.15) is 0 Å². The molecular formula is C12H16BrIO7. The quantitative estimate of drug-likeness (QED) is 0.261. The van der Waals surface area contributed by atoms with Crippen LogP contribution in [0.3, 0.4) is 0 Å². The molecule has 9 heteroatoms. The molecule has 0 amide bonds. The minimum Gasteiger partial charge on any atom is -0.456 e. The largest absolute Gasteiger partial charge is 0.456 e. The van der Waals surface area contributed by atoms with Crippen LogP contribution in [0.15, 0.2) is 0 Å². The molecule has 21 heavy (non-hydrogen) atoms. The maximum Gasteiger partial charge on any atom is 0.303 e. The summed E-state index contributed by atoms with van der Waals surface area (Å²) < 4.78 is 21.7. The molecule has 1 rings (SSSR count). The number of esters is 3. The summed E-state index contributed by atoms with van der Waals surface area (Å²) >= 11 is 5.32. The average molecular weight is 479 g/mol. The van der Waals surface area contributed by atoms with Gasteiger partial charge in [0.15, 0.2) is 23.3 Å². The number of alkyl halides is 2. The van der Waals surface area contributed by atoms with E-state index < -0.39 is 47.3 Å². The Hall–Kier alpha value is -0.420. The fourth-order valence-corrected chi connectivity index (χ4v) is 3.36. The minimum atomic E-state index is -0.937. The molecule has 0 unspecified atom stereocenters. The molecule has 1 heterocycles.